The maximum absolute atomic E-state index is 13.2. The van der Waals surface area contributed by atoms with Crippen molar-refractivity contribution in [3.05, 3.63) is 78.9 Å². The Bertz CT molecular complexity index is 1520. The van der Waals surface area contributed by atoms with Gasteiger partial charge in [-0.2, -0.15) is 5.10 Å². The first-order chi connectivity index (χ1) is 17.4. The first-order valence-electron chi connectivity index (χ1n) is 11.6. The van der Waals surface area contributed by atoms with Crippen LogP contribution >= 0.6 is 34.8 Å². The van der Waals surface area contributed by atoms with Crippen LogP contribution in [0.25, 0.3) is 16.7 Å². The van der Waals surface area contributed by atoms with Crippen molar-refractivity contribution in [2.45, 2.75) is 45.6 Å². The summed E-state index contributed by atoms with van der Waals surface area (Å²) in [6, 6.07) is 10.4. The van der Waals surface area contributed by atoms with Crippen molar-refractivity contribution >= 4 is 51.7 Å². The van der Waals surface area contributed by atoms with Gasteiger partial charge in [-0.3, -0.25) is 9.59 Å². The zero-order valence-corrected chi connectivity index (χ0v) is 23.2. The Balaban J connectivity index is 1.74. The van der Waals surface area contributed by atoms with E-state index in [1.807, 2.05) is 26.0 Å². The zero-order valence-electron chi connectivity index (χ0n) is 20.9. The molecule has 0 bridgehead atoms. The first-order valence-corrected chi connectivity index (χ1v) is 12.7. The van der Waals surface area contributed by atoms with Gasteiger partial charge >= 0.3 is 0 Å². The molecule has 2 heterocycles. The molecule has 4 rings (SSSR count). The molecule has 0 saturated heterocycles. The van der Waals surface area contributed by atoms with Crippen molar-refractivity contribution in [2.24, 2.45) is 0 Å². The van der Waals surface area contributed by atoms with Crippen molar-refractivity contribution < 1.29 is 9.53 Å². The molecule has 0 unspecified atom stereocenters. The molecule has 0 aliphatic heterocycles. The Morgan fingerprint density at radius 2 is 1.76 bits per heavy atom. The zero-order chi connectivity index (χ0) is 27.1. The number of hydrogen-bond acceptors (Lipinski definition) is 5. The highest BCUT2D eigenvalue weighted by Crippen LogP contribution is 2.34. The largest absolute Gasteiger partial charge is 0.478 e. The molecular weight excluding hydrogens is 537 g/mol. The molecule has 0 saturated carbocycles. The molecule has 1 amide bonds. The molecule has 0 fully saturated rings. The number of carbonyl (C=O) groups is 1. The second kappa shape index (κ2) is 10.4. The van der Waals surface area contributed by atoms with Crippen LogP contribution in [0.3, 0.4) is 0 Å². The number of likely N-dealkylation sites (N-methyl/N-ethyl adjacent to an activating group) is 1. The quantitative estimate of drug-likeness (QED) is 0.301. The standard InChI is InChI=1S/C26H26Cl3N5O3/c1-13(2)21-20-23(34(33-21)22-17(28)11-15(27)12-18(22)29)31-19(32-24(20)35)10-14-6-8-16(9-7-14)37-26(3,4)25(36)30-5/h6-9,11-13H,10H2,1-5H3,(H,30,36)(H,31,32,35). The molecule has 0 aliphatic rings. The van der Waals surface area contributed by atoms with E-state index < -0.39 is 5.60 Å². The van der Waals surface area contributed by atoms with Crippen LogP contribution in [-0.4, -0.2) is 38.3 Å². The second-order valence-electron chi connectivity index (χ2n) is 9.39. The lowest BCUT2D eigenvalue weighted by Crippen LogP contribution is -2.45. The summed E-state index contributed by atoms with van der Waals surface area (Å²) in [6.07, 6.45) is 0.342. The van der Waals surface area contributed by atoms with E-state index in [2.05, 4.69) is 15.4 Å². The summed E-state index contributed by atoms with van der Waals surface area (Å²) >= 11 is 19.0. The topological polar surface area (TPSA) is 102 Å². The summed E-state index contributed by atoms with van der Waals surface area (Å²) < 4.78 is 7.33. The Kier molecular flexibility index (Phi) is 7.55. The van der Waals surface area contributed by atoms with Crippen molar-refractivity contribution in [2.75, 3.05) is 7.05 Å². The third kappa shape index (κ3) is 5.46. The molecule has 0 aliphatic carbocycles. The number of carbonyl (C=O) groups excluding carboxylic acids is 1. The molecule has 0 spiro atoms. The monoisotopic (exact) mass is 561 g/mol. The number of halogens is 3. The second-order valence-corrected chi connectivity index (χ2v) is 10.6. The minimum Gasteiger partial charge on any atom is -0.478 e. The Morgan fingerprint density at radius 3 is 2.32 bits per heavy atom. The third-order valence-electron chi connectivity index (χ3n) is 5.80. The van der Waals surface area contributed by atoms with Crippen LogP contribution in [0, 0.1) is 0 Å². The van der Waals surface area contributed by atoms with Crippen LogP contribution in [0.5, 0.6) is 5.75 Å². The number of ether oxygens (including phenoxy) is 1. The number of benzene rings is 2. The smallest absolute Gasteiger partial charge is 0.263 e. The van der Waals surface area contributed by atoms with Crippen molar-refractivity contribution in [3.8, 4) is 11.4 Å². The fraction of sp³-hybridized carbons (Fsp3) is 0.308. The number of aromatic nitrogens is 4. The number of fused-ring (bicyclic) bond motifs is 1. The maximum atomic E-state index is 13.2. The number of nitrogens with zero attached hydrogens (tertiary/aromatic N) is 3. The average Bonchev–Trinajstić information content (AvgIpc) is 3.19. The lowest BCUT2D eigenvalue weighted by atomic mass is 10.1. The maximum Gasteiger partial charge on any atom is 0.263 e. The molecule has 11 heteroatoms. The van der Waals surface area contributed by atoms with Gasteiger partial charge in [-0.15, -0.1) is 0 Å². The van der Waals surface area contributed by atoms with E-state index in [1.54, 1.807) is 45.2 Å². The van der Waals surface area contributed by atoms with Crippen LogP contribution in [0.1, 0.15) is 50.7 Å². The highest BCUT2D eigenvalue weighted by Gasteiger charge is 2.29. The molecular formula is C26H26Cl3N5O3. The van der Waals surface area contributed by atoms with E-state index >= 15 is 0 Å². The van der Waals surface area contributed by atoms with Crippen LogP contribution in [0.4, 0.5) is 0 Å². The molecule has 8 nitrogen and oxygen atoms in total. The van der Waals surface area contributed by atoms with Gasteiger partial charge in [0.1, 0.15) is 22.6 Å². The van der Waals surface area contributed by atoms with Crippen molar-refractivity contribution in [1.82, 2.24) is 25.1 Å². The average molecular weight is 563 g/mol. The highest BCUT2D eigenvalue weighted by molar-refractivity contribution is 6.40. The van der Waals surface area contributed by atoms with Crippen LogP contribution in [0.15, 0.2) is 41.2 Å². The fourth-order valence-corrected chi connectivity index (χ4v) is 4.96. The number of hydrogen-bond donors (Lipinski definition) is 2. The van der Waals surface area contributed by atoms with Gasteiger partial charge in [-0.05, 0) is 49.6 Å². The Morgan fingerprint density at radius 1 is 1.14 bits per heavy atom. The predicted molar refractivity (Wildman–Crippen MR) is 147 cm³/mol. The molecule has 0 radical (unpaired) electrons. The summed E-state index contributed by atoms with van der Waals surface area (Å²) in [4.78, 5) is 32.8. The Labute approximate surface area is 228 Å². The van der Waals surface area contributed by atoms with Crippen molar-refractivity contribution in [1.29, 1.82) is 0 Å². The lowest BCUT2D eigenvalue weighted by molar-refractivity contribution is -0.133. The lowest BCUT2D eigenvalue weighted by Gasteiger charge is -2.24. The first kappa shape index (κ1) is 27.0. The molecule has 2 N–H and O–H groups in total. The summed E-state index contributed by atoms with van der Waals surface area (Å²) in [7, 11) is 1.56. The van der Waals surface area contributed by atoms with Crippen LogP contribution in [-0.2, 0) is 11.2 Å². The summed E-state index contributed by atoms with van der Waals surface area (Å²) in [5, 5.41) is 8.59. The molecule has 194 valence electrons. The summed E-state index contributed by atoms with van der Waals surface area (Å²) in [5.41, 5.74) is 0.881. The van der Waals surface area contributed by atoms with Gasteiger partial charge < -0.3 is 15.0 Å². The number of amides is 1. The van der Waals surface area contributed by atoms with E-state index in [-0.39, 0.29) is 27.4 Å². The van der Waals surface area contributed by atoms with Crippen LogP contribution < -0.4 is 15.6 Å². The van der Waals surface area contributed by atoms with E-state index in [9.17, 15) is 9.59 Å². The molecule has 0 atom stereocenters. The predicted octanol–water partition coefficient (Wildman–Crippen LogP) is 5.69. The van der Waals surface area contributed by atoms with Gasteiger partial charge in [-0.1, -0.05) is 60.8 Å². The van der Waals surface area contributed by atoms with Crippen molar-refractivity contribution in [3.63, 3.8) is 0 Å². The number of H-pyrrole nitrogens is 1. The van der Waals surface area contributed by atoms with Gasteiger partial charge in [0.05, 0.1) is 15.7 Å². The fourth-order valence-electron chi connectivity index (χ4n) is 3.99. The van der Waals surface area contributed by atoms with E-state index in [0.717, 1.165) is 5.56 Å². The normalized spacial score (nSPS) is 11.8. The SMILES string of the molecule is CNC(=O)C(C)(C)Oc1ccc(Cc2nc3c(c(C(C)C)nn3-c3c(Cl)cc(Cl)cc3Cl)c(=O)[nH]2)cc1. The van der Waals surface area contributed by atoms with Gasteiger partial charge in [-0.25, -0.2) is 9.67 Å². The van der Waals surface area contributed by atoms with Gasteiger partial charge in [0.15, 0.2) is 11.2 Å². The molecule has 4 aromatic rings. The third-order valence-corrected chi connectivity index (χ3v) is 6.59. The summed E-state index contributed by atoms with van der Waals surface area (Å²) in [5.74, 6) is 0.703. The number of rotatable bonds is 7. The molecule has 2 aromatic heterocycles. The van der Waals surface area contributed by atoms with E-state index in [1.165, 1.54) is 4.68 Å². The van der Waals surface area contributed by atoms with Gasteiger partial charge in [0.25, 0.3) is 11.5 Å². The number of aromatic amines is 1. The van der Waals surface area contributed by atoms with E-state index in [4.69, 9.17) is 44.5 Å². The van der Waals surface area contributed by atoms with Gasteiger partial charge in [0, 0.05) is 18.5 Å². The Hall–Kier alpha value is -3.07. The molecule has 2 aromatic carbocycles. The summed E-state index contributed by atoms with van der Waals surface area (Å²) in [6.45, 7) is 7.27. The molecule has 37 heavy (non-hydrogen) atoms. The van der Waals surface area contributed by atoms with Gasteiger partial charge in [0.2, 0.25) is 0 Å². The number of nitrogens with one attached hydrogen (secondary N) is 2. The minimum atomic E-state index is -1.02. The van der Waals surface area contributed by atoms with Crippen LogP contribution in [0.2, 0.25) is 15.1 Å². The van der Waals surface area contributed by atoms with E-state index in [0.29, 0.717) is 45.4 Å². The minimum absolute atomic E-state index is 0.0473. The highest BCUT2D eigenvalue weighted by atomic mass is 35.5.